The van der Waals surface area contributed by atoms with E-state index in [0.717, 1.165) is 39.4 Å². The fourth-order valence-electron chi connectivity index (χ4n) is 2.94. The number of thiazole rings is 1. The first-order valence-electron chi connectivity index (χ1n) is 9.02. The number of aromatic nitrogens is 1. The van der Waals surface area contributed by atoms with Crippen molar-refractivity contribution < 1.29 is 9.53 Å². The average molecular weight is 474 g/mol. The van der Waals surface area contributed by atoms with Crippen molar-refractivity contribution in [1.82, 2.24) is 9.88 Å². The summed E-state index contributed by atoms with van der Waals surface area (Å²) >= 11 is 9.01. The SMILES string of the molecule is COc1ccc(C)c2sc(N(CCCN(C)C)C(=O)Cc3ccc(Cl)s3)nc12.Cl. The molecule has 29 heavy (non-hydrogen) atoms. The van der Waals surface area contributed by atoms with Crippen LogP contribution in [0.1, 0.15) is 16.9 Å². The molecule has 0 spiro atoms. The molecule has 0 N–H and O–H groups in total. The lowest BCUT2D eigenvalue weighted by molar-refractivity contribution is -0.118. The molecule has 3 aromatic rings. The number of rotatable bonds is 8. The maximum absolute atomic E-state index is 13.1. The highest BCUT2D eigenvalue weighted by molar-refractivity contribution is 7.22. The van der Waals surface area contributed by atoms with Crippen molar-refractivity contribution >= 4 is 67.9 Å². The van der Waals surface area contributed by atoms with Crippen LogP contribution in [0.25, 0.3) is 10.2 Å². The topological polar surface area (TPSA) is 45.7 Å². The molecule has 0 saturated carbocycles. The highest BCUT2D eigenvalue weighted by Gasteiger charge is 2.22. The molecular weight excluding hydrogens is 449 g/mol. The second-order valence-electron chi connectivity index (χ2n) is 6.84. The Morgan fingerprint density at radius 1 is 1.17 bits per heavy atom. The quantitative estimate of drug-likeness (QED) is 0.446. The van der Waals surface area contributed by atoms with E-state index in [9.17, 15) is 4.79 Å². The Kier molecular flexibility index (Phi) is 8.73. The smallest absolute Gasteiger partial charge is 0.234 e. The molecule has 0 aliphatic carbocycles. The minimum atomic E-state index is 0. The normalized spacial score (nSPS) is 11.0. The summed E-state index contributed by atoms with van der Waals surface area (Å²) in [6, 6.07) is 7.69. The van der Waals surface area contributed by atoms with Gasteiger partial charge in [-0.2, -0.15) is 0 Å². The van der Waals surface area contributed by atoms with Gasteiger partial charge >= 0.3 is 0 Å². The van der Waals surface area contributed by atoms with E-state index >= 15 is 0 Å². The highest BCUT2D eigenvalue weighted by atomic mass is 35.5. The zero-order chi connectivity index (χ0) is 20.3. The summed E-state index contributed by atoms with van der Waals surface area (Å²) in [6.45, 7) is 3.58. The second kappa shape index (κ2) is 10.6. The zero-order valence-electron chi connectivity index (χ0n) is 16.9. The van der Waals surface area contributed by atoms with Gasteiger partial charge in [0, 0.05) is 11.4 Å². The molecule has 2 heterocycles. The molecule has 2 aromatic heterocycles. The summed E-state index contributed by atoms with van der Waals surface area (Å²) in [7, 11) is 5.71. The Bertz CT molecular complexity index is 972. The summed E-state index contributed by atoms with van der Waals surface area (Å²) in [5, 5.41) is 0.717. The number of carbonyl (C=O) groups excluding carboxylic acids is 1. The van der Waals surface area contributed by atoms with Gasteiger partial charge in [-0.05, 0) is 57.7 Å². The predicted octanol–water partition coefficient (Wildman–Crippen LogP) is 5.28. The van der Waals surface area contributed by atoms with E-state index in [1.165, 1.54) is 11.3 Å². The lowest BCUT2D eigenvalue weighted by atomic mass is 10.2. The summed E-state index contributed by atoms with van der Waals surface area (Å²) in [4.78, 5) is 22.8. The van der Waals surface area contributed by atoms with Gasteiger partial charge < -0.3 is 9.64 Å². The standard InChI is InChI=1S/C20H24ClN3O2S2.ClH/c1-13-6-8-15(26-4)18-19(13)28-20(22-18)24(11-5-10-23(2)3)17(25)12-14-7-9-16(21)27-14;/h6-9H,5,10-12H2,1-4H3;1H. The van der Waals surface area contributed by atoms with Crippen molar-refractivity contribution in [3.05, 3.63) is 39.0 Å². The number of anilines is 1. The number of ether oxygens (including phenoxy) is 1. The van der Waals surface area contributed by atoms with E-state index < -0.39 is 0 Å². The Morgan fingerprint density at radius 3 is 2.55 bits per heavy atom. The van der Waals surface area contributed by atoms with E-state index in [1.54, 1.807) is 23.3 Å². The molecule has 9 heteroatoms. The fraction of sp³-hybridized carbons (Fsp3) is 0.400. The first kappa shape index (κ1) is 23.9. The molecule has 0 aliphatic rings. The van der Waals surface area contributed by atoms with Crippen LogP contribution in [0.2, 0.25) is 4.34 Å². The number of benzene rings is 1. The van der Waals surface area contributed by atoms with Gasteiger partial charge in [-0.15, -0.1) is 23.7 Å². The number of hydrogen-bond donors (Lipinski definition) is 0. The maximum Gasteiger partial charge on any atom is 0.234 e. The van der Waals surface area contributed by atoms with Gasteiger partial charge in [0.1, 0.15) is 11.3 Å². The van der Waals surface area contributed by atoms with Gasteiger partial charge in [-0.25, -0.2) is 4.98 Å². The lowest BCUT2D eigenvalue weighted by Gasteiger charge is -2.20. The molecule has 0 unspecified atom stereocenters. The number of amides is 1. The van der Waals surface area contributed by atoms with Gasteiger partial charge in [-0.3, -0.25) is 9.69 Å². The number of methoxy groups -OCH3 is 1. The molecule has 1 aromatic carbocycles. The van der Waals surface area contributed by atoms with Crippen LogP contribution in [0.4, 0.5) is 5.13 Å². The molecule has 0 fully saturated rings. The predicted molar refractivity (Wildman–Crippen MR) is 127 cm³/mol. The number of thiophene rings is 1. The third-order valence-electron chi connectivity index (χ3n) is 4.39. The zero-order valence-corrected chi connectivity index (χ0v) is 20.1. The van der Waals surface area contributed by atoms with Crippen molar-refractivity contribution in [2.75, 3.05) is 39.2 Å². The van der Waals surface area contributed by atoms with E-state index in [-0.39, 0.29) is 18.3 Å². The number of aryl methyl sites for hydroxylation is 1. The Hall–Kier alpha value is -1.38. The molecule has 0 radical (unpaired) electrons. The second-order valence-corrected chi connectivity index (χ2v) is 9.62. The molecule has 0 atom stereocenters. The van der Waals surface area contributed by atoms with Crippen molar-refractivity contribution in [3.8, 4) is 5.75 Å². The minimum Gasteiger partial charge on any atom is -0.494 e. The molecule has 5 nitrogen and oxygen atoms in total. The Balaban J connectivity index is 0.00000300. The van der Waals surface area contributed by atoms with E-state index in [4.69, 9.17) is 21.3 Å². The largest absolute Gasteiger partial charge is 0.494 e. The highest BCUT2D eigenvalue weighted by Crippen LogP contribution is 2.36. The summed E-state index contributed by atoms with van der Waals surface area (Å²) in [5.74, 6) is 0.766. The van der Waals surface area contributed by atoms with E-state index in [1.807, 2.05) is 38.4 Å². The average Bonchev–Trinajstić information content (AvgIpc) is 3.26. The van der Waals surface area contributed by atoms with Crippen LogP contribution in [0.15, 0.2) is 24.3 Å². The Morgan fingerprint density at radius 2 is 1.93 bits per heavy atom. The number of halogens is 2. The van der Waals surface area contributed by atoms with Crippen LogP contribution in [-0.4, -0.2) is 50.1 Å². The summed E-state index contributed by atoms with van der Waals surface area (Å²) < 4.78 is 7.22. The summed E-state index contributed by atoms with van der Waals surface area (Å²) in [6.07, 6.45) is 1.20. The van der Waals surface area contributed by atoms with Crippen LogP contribution < -0.4 is 9.64 Å². The number of fused-ring (bicyclic) bond motifs is 1. The Labute approximate surface area is 190 Å². The van der Waals surface area contributed by atoms with Gasteiger partial charge in [-0.1, -0.05) is 29.0 Å². The molecule has 158 valence electrons. The van der Waals surface area contributed by atoms with Gasteiger partial charge in [0.25, 0.3) is 0 Å². The van der Waals surface area contributed by atoms with Gasteiger partial charge in [0.2, 0.25) is 5.91 Å². The molecule has 0 aliphatic heterocycles. The third kappa shape index (κ3) is 5.83. The summed E-state index contributed by atoms with van der Waals surface area (Å²) in [5.41, 5.74) is 1.94. The van der Waals surface area contributed by atoms with Crippen molar-refractivity contribution in [3.63, 3.8) is 0 Å². The molecular formula is C20H25Cl2N3O2S2. The van der Waals surface area contributed by atoms with E-state index in [0.29, 0.717) is 22.4 Å². The molecule has 1 amide bonds. The van der Waals surface area contributed by atoms with Crippen LogP contribution >= 0.6 is 46.7 Å². The maximum atomic E-state index is 13.1. The fourth-order valence-corrected chi connectivity index (χ4v) is 5.12. The lowest BCUT2D eigenvalue weighted by Crippen LogP contribution is -2.34. The van der Waals surface area contributed by atoms with Gasteiger partial charge in [0.05, 0.1) is 22.6 Å². The van der Waals surface area contributed by atoms with Crippen molar-refractivity contribution in [2.45, 2.75) is 19.8 Å². The van der Waals surface area contributed by atoms with Crippen molar-refractivity contribution in [2.24, 2.45) is 0 Å². The van der Waals surface area contributed by atoms with Crippen LogP contribution in [0, 0.1) is 6.92 Å². The monoisotopic (exact) mass is 473 g/mol. The third-order valence-corrected chi connectivity index (χ3v) is 6.83. The van der Waals surface area contributed by atoms with E-state index in [2.05, 4.69) is 11.8 Å². The van der Waals surface area contributed by atoms with Crippen LogP contribution in [-0.2, 0) is 11.2 Å². The van der Waals surface area contributed by atoms with Crippen molar-refractivity contribution in [1.29, 1.82) is 0 Å². The van der Waals surface area contributed by atoms with Crippen LogP contribution in [0.5, 0.6) is 5.75 Å². The van der Waals surface area contributed by atoms with Crippen LogP contribution in [0.3, 0.4) is 0 Å². The molecule has 0 saturated heterocycles. The number of carbonyl (C=O) groups is 1. The van der Waals surface area contributed by atoms with Gasteiger partial charge in [0.15, 0.2) is 5.13 Å². The minimum absolute atomic E-state index is 0. The molecule has 0 bridgehead atoms. The first-order chi connectivity index (χ1) is 13.4. The molecule has 3 rings (SSSR count). The number of nitrogens with zero attached hydrogens (tertiary/aromatic N) is 3. The first-order valence-corrected chi connectivity index (χ1v) is 11.0. The number of hydrogen-bond acceptors (Lipinski definition) is 6.